The number of hydrogen-bond acceptors (Lipinski definition) is 4. The van der Waals surface area contributed by atoms with Gasteiger partial charge < -0.3 is 15.0 Å². The maximum Gasteiger partial charge on any atom is 0.328 e. The van der Waals surface area contributed by atoms with Crippen molar-refractivity contribution in [2.75, 3.05) is 12.4 Å². The molecule has 0 aromatic heterocycles. The Morgan fingerprint density at radius 3 is 2.29 bits per heavy atom. The fraction of sp³-hybridized carbons (Fsp3) is 0.250. The summed E-state index contributed by atoms with van der Waals surface area (Å²) in [5.74, 6) is -0.700. The lowest BCUT2D eigenvalue weighted by Crippen LogP contribution is -2.45. The van der Waals surface area contributed by atoms with Gasteiger partial charge in [-0.3, -0.25) is 9.59 Å². The number of carbonyl (C=O) groups excluding carboxylic acids is 3. The van der Waals surface area contributed by atoms with E-state index in [1.165, 1.54) is 7.11 Å². The highest BCUT2D eigenvalue weighted by Gasteiger charge is 2.38. The van der Waals surface area contributed by atoms with Crippen LogP contribution in [0.15, 0.2) is 72.8 Å². The Balaban J connectivity index is 1.48. The van der Waals surface area contributed by atoms with Gasteiger partial charge in [0.1, 0.15) is 6.04 Å². The van der Waals surface area contributed by atoms with Crippen molar-refractivity contribution in [1.82, 2.24) is 4.90 Å². The second-order valence-electron chi connectivity index (χ2n) is 8.80. The fourth-order valence-corrected chi connectivity index (χ4v) is 4.34. The highest BCUT2D eigenvalue weighted by atomic mass is 16.5. The normalized spacial score (nSPS) is 13.5. The van der Waals surface area contributed by atoms with E-state index < -0.39 is 12.0 Å². The van der Waals surface area contributed by atoms with E-state index in [1.54, 1.807) is 4.90 Å². The minimum atomic E-state index is -0.618. The number of benzene rings is 3. The van der Waals surface area contributed by atoms with Gasteiger partial charge in [-0.25, -0.2) is 4.79 Å². The Bertz CT molecular complexity index is 1200. The first-order chi connectivity index (χ1) is 16.4. The predicted octanol–water partition coefficient (Wildman–Crippen LogP) is 4.69. The second-order valence-corrected chi connectivity index (χ2v) is 8.80. The van der Waals surface area contributed by atoms with Crippen LogP contribution in [0.3, 0.4) is 0 Å². The predicted molar refractivity (Wildman–Crippen MR) is 131 cm³/mol. The molecule has 2 amide bonds. The first-order valence-corrected chi connectivity index (χ1v) is 11.3. The third-order valence-corrected chi connectivity index (χ3v) is 6.06. The van der Waals surface area contributed by atoms with Gasteiger partial charge in [0, 0.05) is 17.8 Å². The van der Waals surface area contributed by atoms with Gasteiger partial charge in [-0.15, -0.1) is 0 Å². The summed E-state index contributed by atoms with van der Waals surface area (Å²) in [6.45, 7) is 4.20. The number of anilines is 1. The number of ether oxygens (including phenoxy) is 1. The number of esters is 1. The summed E-state index contributed by atoms with van der Waals surface area (Å²) in [7, 11) is 1.34. The topological polar surface area (TPSA) is 75.7 Å². The molecule has 0 bridgehead atoms. The van der Waals surface area contributed by atoms with Gasteiger partial charge in [0.05, 0.1) is 13.5 Å². The number of hydrogen-bond donors (Lipinski definition) is 1. The average Bonchev–Trinajstić information content (AvgIpc) is 3.15. The van der Waals surface area contributed by atoms with E-state index in [-0.39, 0.29) is 17.7 Å². The number of carbonyl (C=O) groups is 3. The van der Waals surface area contributed by atoms with E-state index in [2.05, 4.69) is 5.32 Å². The van der Waals surface area contributed by atoms with E-state index in [1.807, 2.05) is 86.6 Å². The van der Waals surface area contributed by atoms with Crippen molar-refractivity contribution in [3.63, 3.8) is 0 Å². The standard InChI is InChI=1S/C28H28N2O4/c1-18(2)26(28(33)34-3)30-17-22-10-9-21(16-24(22)27(30)32)20-11-13-23(14-12-20)29-25(31)15-19-7-5-4-6-8-19/h4-14,16,18,26H,15,17H2,1-3H3,(H,29,31)/t26-/m0/s1. The van der Waals surface area contributed by atoms with Crippen LogP contribution in [0, 0.1) is 5.92 Å². The molecule has 4 rings (SSSR count). The zero-order valence-electron chi connectivity index (χ0n) is 19.6. The molecule has 0 saturated heterocycles. The van der Waals surface area contributed by atoms with Gasteiger partial charge in [-0.05, 0) is 46.4 Å². The van der Waals surface area contributed by atoms with Crippen molar-refractivity contribution < 1.29 is 19.1 Å². The SMILES string of the molecule is COC(=O)[C@H](C(C)C)N1Cc2ccc(-c3ccc(NC(=O)Cc4ccccc4)cc3)cc2C1=O. The van der Waals surface area contributed by atoms with Crippen LogP contribution in [0.1, 0.15) is 35.3 Å². The maximum absolute atomic E-state index is 13.1. The number of amides is 2. The molecule has 0 saturated carbocycles. The summed E-state index contributed by atoms with van der Waals surface area (Å²) in [6.07, 6.45) is 0.314. The van der Waals surface area contributed by atoms with Gasteiger partial charge in [0.25, 0.3) is 5.91 Å². The molecule has 1 aliphatic rings. The lowest BCUT2D eigenvalue weighted by molar-refractivity contribution is -0.147. The largest absolute Gasteiger partial charge is 0.467 e. The summed E-state index contributed by atoms with van der Waals surface area (Å²) < 4.78 is 4.94. The van der Waals surface area contributed by atoms with Crippen LogP contribution in [0.5, 0.6) is 0 Å². The van der Waals surface area contributed by atoms with Crippen LogP contribution >= 0.6 is 0 Å². The highest BCUT2D eigenvalue weighted by Crippen LogP contribution is 2.31. The van der Waals surface area contributed by atoms with Crippen LogP contribution in [0.2, 0.25) is 0 Å². The smallest absolute Gasteiger partial charge is 0.328 e. The first kappa shape index (κ1) is 23.2. The molecule has 3 aromatic rings. The Kier molecular flexibility index (Phi) is 6.77. The monoisotopic (exact) mass is 456 g/mol. The molecule has 34 heavy (non-hydrogen) atoms. The molecule has 0 unspecified atom stereocenters. The van der Waals surface area contributed by atoms with Crippen molar-refractivity contribution in [3.8, 4) is 11.1 Å². The van der Waals surface area contributed by atoms with Crippen LogP contribution in [-0.4, -0.2) is 35.8 Å². The Hall–Kier alpha value is -3.93. The molecule has 1 atom stereocenters. The molecule has 0 radical (unpaired) electrons. The van der Waals surface area contributed by atoms with Crippen molar-refractivity contribution in [2.24, 2.45) is 5.92 Å². The molecule has 0 fully saturated rings. The molecule has 3 aromatic carbocycles. The van der Waals surface area contributed by atoms with Crippen LogP contribution in [0.25, 0.3) is 11.1 Å². The summed E-state index contributed by atoms with van der Waals surface area (Å²) in [4.78, 5) is 39.3. The zero-order chi connectivity index (χ0) is 24.2. The fourth-order valence-electron chi connectivity index (χ4n) is 4.34. The summed E-state index contributed by atoms with van der Waals surface area (Å²) in [6, 6.07) is 22.3. The first-order valence-electron chi connectivity index (χ1n) is 11.3. The maximum atomic E-state index is 13.1. The van der Waals surface area contributed by atoms with Gasteiger partial charge in [0.15, 0.2) is 0 Å². The molecule has 174 valence electrons. The van der Waals surface area contributed by atoms with Crippen molar-refractivity contribution >= 4 is 23.5 Å². The average molecular weight is 457 g/mol. The Morgan fingerprint density at radius 1 is 0.971 bits per heavy atom. The number of nitrogens with one attached hydrogen (secondary N) is 1. The quantitative estimate of drug-likeness (QED) is 0.524. The molecular formula is C28H28N2O4. The van der Waals surface area contributed by atoms with Crippen molar-refractivity contribution in [2.45, 2.75) is 32.9 Å². The number of fused-ring (bicyclic) bond motifs is 1. The van der Waals surface area contributed by atoms with Gasteiger partial charge in [-0.2, -0.15) is 0 Å². The van der Waals surface area contributed by atoms with Crippen LogP contribution in [0.4, 0.5) is 5.69 Å². The van der Waals surface area contributed by atoms with Crippen molar-refractivity contribution in [1.29, 1.82) is 0 Å². The summed E-state index contributed by atoms with van der Waals surface area (Å²) in [5, 5.41) is 2.92. The lowest BCUT2D eigenvalue weighted by Gasteiger charge is -2.28. The zero-order valence-corrected chi connectivity index (χ0v) is 19.6. The van der Waals surface area contributed by atoms with Crippen LogP contribution in [-0.2, 0) is 27.3 Å². The number of nitrogens with zero attached hydrogens (tertiary/aromatic N) is 1. The lowest BCUT2D eigenvalue weighted by atomic mass is 10.00. The molecule has 6 nitrogen and oxygen atoms in total. The third kappa shape index (κ3) is 4.86. The van der Waals surface area contributed by atoms with Gasteiger partial charge in [-0.1, -0.05) is 68.4 Å². The van der Waals surface area contributed by atoms with E-state index in [0.29, 0.717) is 24.2 Å². The molecule has 1 N–H and O–H groups in total. The van der Waals surface area contributed by atoms with E-state index >= 15 is 0 Å². The molecule has 6 heteroatoms. The molecule has 0 spiro atoms. The van der Waals surface area contributed by atoms with E-state index in [9.17, 15) is 14.4 Å². The second kappa shape index (κ2) is 9.91. The minimum absolute atomic E-state index is 0.0603. The molecule has 1 aliphatic heterocycles. The van der Waals surface area contributed by atoms with Crippen LogP contribution < -0.4 is 5.32 Å². The summed E-state index contributed by atoms with van der Waals surface area (Å²) in [5.41, 5.74) is 5.01. The molecular weight excluding hydrogens is 428 g/mol. The van der Waals surface area contributed by atoms with E-state index in [0.717, 1.165) is 22.3 Å². The minimum Gasteiger partial charge on any atom is -0.467 e. The van der Waals surface area contributed by atoms with E-state index in [4.69, 9.17) is 4.74 Å². The molecule has 1 heterocycles. The Labute approximate surface area is 199 Å². The number of methoxy groups -OCH3 is 1. The third-order valence-electron chi connectivity index (χ3n) is 6.06. The highest BCUT2D eigenvalue weighted by molar-refractivity contribution is 6.01. The molecule has 0 aliphatic carbocycles. The van der Waals surface area contributed by atoms with Crippen molar-refractivity contribution in [3.05, 3.63) is 89.5 Å². The van der Waals surface area contributed by atoms with Gasteiger partial charge in [0.2, 0.25) is 5.91 Å². The van der Waals surface area contributed by atoms with Gasteiger partial charge >= 0.3 is 5.97 Å². The number of rotatable bonds is 7. The Morgan fingerprint density at radius 2 is 1.65 bits per heavy atom. The summed E-state index contributed by atoms with van der Waals surface area (Å²) >= 11 is 0.